The topological polar surface area (TPSA) is 202 Å². The lowest BCUT2D eigenvalue weighted by Gasteiger charge is -2.37. The summed E-state index contributed by atoms with van der Waals surface area (Å²) in [5.41, 5.74) is 9.19. The molecule has 2 aromatic carbocycles. The monoisotopic (exact) mass is 949 g/mol. The zero-order valence-corrected chi connectivity index (χ0v) is 41.2. The first kappa shape index (κ1) is 47.7. The van der Waals surface area contributed by atoms with E-state index in [1.807, 2.05) is 38.2 Å². The van der Waals surface area contributed by atoms with Gasteiger partial charge in [0, 0.05) is 60.7 Å². The molecule has 1 saturated carbocycles. The summed E-state index contributed by atoms with van der Waals surface area (Å²) in [5.74, 6) is -1.85. The molecule has 6 bridgehead atoms. The average Bonchev–Trinajstić information content (AvgIpc) is 3.93. The number of aromatic hydroxyl groups is 1. The fourth-order valence-electron chi connectivity index (χ4n) is 11.6. The fourth-order valence-corrected chi connectivity index (χ4v) is 13.6. The number of nitrogens with zero attached hydrogens (tertiary/aromatic N) is 4. The van der Waals surface area contributed by atoms with Gasteiger partial charge in [0.05, 0.1) is 28.7 Å². The van der Waals surface area contributed by atoms with E-state index in [0.717, 1.165) is 44.5 Å². The van der Waals surface area contributed by atoms with Gasteiger partial charge < -0.3 is 24.6 Å². The van der Waals surface area contributed by atoms with Gasteiger partial charge in [0.15, 0.2) is 9.84 Å². The quantitative estimate of drug-likeness (QED) is 0.113. The molecule has 0 radical (unpaired) electrons. The molecule has 3 amide bonds. The van der Waals surface area contributed by atoms with Gasteiger partial charge in [-0.2, -0.15) is 0 Å². The van der Waals surface area contributed by atoms with Crippen molar-refractivity contribution < 1.29 is 37.4 Å². The van der Waals surface area contributed by atoms with Crippen molar-refractivity contribution in [3.63, 3.8) is 0 Å². The Morgan fingerprint density at radius 1 is 1.01 bits per heavy atom. The number of phenolic OH excluding ortho intramolecular Hbond substituents is 1. The number of hydrogen-bond donors (Lipinski definition) is 4. The summed E-state index contributed by atoms with van der Waals surface area (Å²) in [6.45, 7) is 16.1. The number of ether oxygens (including phenoxy) is 1. The van der Waals surface area contributed by atoms with Crippen LogP contribution in [-0.4, -0.2) is 112 Å². The average molecular weight is 950 g/mol. The first-order valence-corrected chi connectivity index (χ1v) is 26.2. The first-order chi connectivity index (χ1) is 32.3. The van der Waals surface area contributed by atoms with Crippen molar-refractivity contribution in [3.8, 4) is 28.1 Å². The zero-order chi connectivity index (χ0) is 48.4. The third-order valence-electron chi connectivity index (χ3n) is 15.1. The van der Waals surface area contributed by atoms with E-state index in [1.165, 1.54) is 5.01 Å². The summed E-state index contributed by atoms with van der Waals surface area (Å²) in [5, 5.41) is 18.6. The summed E-state index contributed by atoms with van der Waals surface area (Å²) in [7, 11) is -3.42. The minimum absolute atomic E-state index is 0.00379. The normalized spacial score (nSPS) is 25.9. The van der Waals surface area contributed by atoms with Gasteiger partial charge in [-0.15, -0.1) is 0 Å². The van der Waals surface area contributed by atoms with Gasteiger partial charge in [0.2, 0.25) is 11.8 Å². The lowest BCUT2D eigenvalue weighted by molar-refractivity contribution is -0.155. The van der Waals surface area contributed by atoms with Crippen molar-refractivity contribution in [3.05, 3.63) is 71.5 Å². The predicted octanol–water partition coefficient (Wildman–Crippen LogP) is 6.01. The molecule has 4 aliphatic heterocycles. The van der Waals surface area contributed by atoms with Crippen LogP contribution in [0.25, 0.3) is 33.3 Å². The minimum Gasteiger partial charge on any atom is -0.508 e. The Labute approximate surface area is 399 Å². The molecule has 4 fully saturated rings. The molecule has 9 rings (SSSR count). The maximum Gasteiger partial charge on any atom is 0.324 e. The van der Waals surface area contributed by atoms with Gasteiger partial charge >= 0.3 is 5.97 Å². The Balaban J connectivity index is 1.09. The number of sulfone groups is 1. The van der Waals surface area contributed by atoms with E-state index in [0.29, 0.717) is 63.7 Å². The molecule has 68 heavy (non-hydrogen) atoms. The van der Waals surface area contributed by atoms with Crippen LogP contribution in [0.1, 0.15) is 110 Å². The Kier molecular flexibility index (Phi) is 12.8. The highest BCUT2D eigenvalue weighted by molar-refractivity contribution is 7.92. The molecule has 364 valence electrons. The standard InChI is InChI=1S/C52H67N7O8S/c1-8-57-42-14-13-33-25-38(42)39(46(57)37-11-9-18-53-44(37)30(2)3)27-51(6,7)29-67-49(63)40-12-10-19-59(56-40)48(62)41(23-32-21-34(33)24-35(60)22-32)55-47(61)45(31(4)5)58-20-17-52(50(58)64)16-15-36(26-52)68(65,66)43-28-54-43/h9,11,13-14,18,21-22,24-25,30-31,36,40-41,43,45,54,56,60H,8,10,12,15-17,19-20,23,26-29H2,1-7H3,(H,55,61)/t36?,40-,41-,43-,45-,52-/m0/s1. The number of carbonyl (C=O) groups excluding carboxylic acids is 4. The van der Waals surface area contributed by atoms with Gasteiger partial charge in [-0.1, -0.05) is 53.7 Å². The third kappa shape index (κ3) is 8.92. The van der Waals surface area contributed by atoms with E-state index in [-0.39, 0.29) is 49.5 Å². The van der Waals surface area contributed by atoms with Gasteiger partial charge in [-0.3, -0.25) is 34.5 Å². The Morgan fingerprint density at radius 3 is 2.51 bits per heavy atom. The van der Waals surface area contributed by atoms with Crippen molar-refractivity contribution >= 4 is 44.4 Å². The summed E-state index contributed by atoms with van der Waals surface area (Å²) in [6, 6.07) is 12.7. The number of benzene rings is 2. The number of cyclic esters (lactones) is 1. The molecule has 4 N–H and O–H groups in total. The Bertz CT molecular complexity index is 2760. The number of rotatable bonds is 9. The van der Waals surface area contributed by atoms with Crippen LogP contribution in [0.5, 0.6) is 5.75 Å². The smallest absolute Gasteiger partial charge is 0.324 e. The van der Waals surface area contributed by atoms with Crippen molar-refractivity contribution in [2.75, 3.05) is 26.2 Å². The second kappa shape index (κ2) is 18.2. The lowest BCUT2D eigenvalue weighted by atomic mass is 9.83. The number of fused-ring (bicyclic) bond motifs is 6. The molecular formula is C52H67N7O8S. The summed E-state index contributed by atoms with van der Waals surface area (Å²) < 4.78 is 34.9. The number of esters is 1. The molecule has 15 nitrogen and oxygen atoms in total. The third-order valence-corrected chi connectivity index (χ3v) is 17.5. The summed E-state index contributed by atoms with van der Waals surface area (Å²) >= 11 is 0. The van der Waals surface area contributed by atoms with Gasteiger partial charge in [0.25, 0.3) is 5.91 Å². The zero-order valence-electron chi connectivity index (χ0n) is 40.4. The van der Waals surface area contributed by atoms with Gasteiger partial charge in [-0.05, 0) is 122 Å². The fraction of sp³-hybridized carbons (Fsp3) is 0.558. The maximum atomic E-state index is 14.8. The van der Waals surface area contributed by atoms with Crippen LogP contribution in [0.2, 0.25) is 0 Å². The van der Waals surface area contributed by atoms with Crippen LogP contribution in [0.4, 0.5) is 0 Å². The van der Waals surface area contributed by atoms with E-state index in [4.69, 9.17) is 9.72 Å². The molecule has 2 aromatic heterocycles. The SMILES string of the molecule is CCn1c(-c2cccnc2C(C)C)c2c3cc(ccc31)-c1cc(O)cc(c1)C[C@H](NC(=O)[C@H](C(C)C)N1CC[C@]3(CCC(S(=O)(=O)[C@H]4CN4)C3)C1=O)C(=O)N1CCC[C@H](N1)C(=O)OCC(C)(C)C2. The lowest BCUT2D eigenvalue weighted by Crippen LogP contribution is -2.62. The Hall–Kier alpha value is -5.32. The number of nitrogens with one attached hydrogen (secondary N) is 3. The van der Waals surface area contributed by atoms with E-state index in [9.17, 15) is 32.7 Å². The van der Waals surface area contributed by atoms with Gasteiger partial charge in [0.1, 0.15) is 29.2 Å². The largest absolute Gasteiger partial charge is 0.508 e. The highest BCUT2D eigenvalue weighted by Gasteiger charge is 2.57. The second-order valence-electron chi connectivity index (χ2n) is 21.4. The van der Waals surface area contributed by atoms with Crippen molar-refractivity contribution in [2.24, 2.45) is 16.7 Å². The molecule has 6 atom stereocenters. The number of hydrogen-bond acceptors (Lipinski definition) is 11. The van der Waals surface area contributed by atoms with E-state index in [2.05, 4.69) is 73.4 Å². The molecule has 1 spiro atoms. The van der Waals surface area contributed by atoms with Crippen LogP contribution in [0.3, 0.4) is 0 Å². The molecule has 3 saturated heterocycles. The van der Waals surface area contributed by atoms with E-state index < -0.39 is 67.2 Å². The van der Waals surface area contributed by atoms with Crippen LogP contribution in [-0.2, 0) is 53.1 Å². The number of amides is 3. The van der Waals surface area contributed by atoms with Crippen LogP contribution >= 0.6 is 0 Å². The summed E-state index contributed by atoms with van der Waals surface area (Å²) in [6.07, 6.45) is 4.89. The number of carbonyl (C=O) groups is 4. The summed E-state index contributed by atoms with van der Waals surface area (Å²) in [4.78, 5) is 64.4. The minimum atomic E-state index is -3.42. The number of likely N-dealkylation sites (tertiary alicyclic amines) is 1. The highest BCUT2D eigenvalue weighted by atomic mass is 32.2. The molecular weight excluding hydrogens is 883 g/mol. The highest BCUT2D eigenvalue weighted by Crippen LogP contribution is 2.50. The number of phenols is 1. The number of aryl methyl sites for hydroxylation is 1. The van der Waals surface area contributed by atoms with Gasteiger partial charge in [-0.25, -0.2) is 13.8 Å². The molecule has 4 aromatic rings. The number of hydrazine groups is 1. The molecule has 5 aliphatic rings. The van der Waals surface area contributed by atoms with Crippen molar-refractivity contribution in [2.45, 2.75) is 141 Å². The maximum absolute atomic E-state index is 14.8. The number of aromatic nitrogens is 2. The van der Waals surface area contributed by atoms with E-state index in [1.54, 1.807) is 17.0 Å². The van der Waals surface area contributed by atoms with Crippen LogP contribution in [0, 0.1) is 16.7 Å². The molecule has 16 heteroatoms. The predicted molar refractivity (Wildman–Crippen MR) is 260 cm³/mol. The van der Waals surface area contributed by atoms with Crippen LogP contribution < -0.4 is 16.1 Å². The second-order valence-corrected chi connectivity index (χ2v) is 23.8. The van der Waals surface area contributed by atoms with Crippen LogP contribution in [0.15, 0.2) is 54.7 Å². The molecule has 1 unspecified atom stereocenters. The number of pyridine rings is 1. The van der Waals surface area contributed by atoms with E-state index >= 15 is 0 Å². The van der Waals surface area contributed by atoms with Crippen molar-refractivity contribution in [1.29, 1.82) is 0 Å². The molecule has 1 aliphatic carbocycles. The van der Waals surface area contributed by atoms with Crippen molar-refractivity contribution in [1.82, 2.24) is 35.5 Å². The Morgan fingerprint density at radius 2 is 1.79 bits per heavy atom. The molecule has 6 heterocycles. The first-order valence-electron chi connectivity index (χ1n) is 24.6.